The summed E-state index contributed by atoms with van der Waals surface area (Å²) in [4.78, 5) is 11.6. The van der Waals surface area contributed by atoms with Crippen LogP contribution < -0.4 is 0 Å². The zero-order chi connectivity index (χ0) is 13.8. The Morgan fingerprint density at radius 1 is 1.42 bits per heavy atom. The molecule has 1 heterocycles. The third-order valence-electron chi connectivity index (χ3n) is 2.89. The summed E-state index contributed by atoms with van der Waals surface area (Å²) in [5.41, 5.74) is 0.375. The van der Waals surface area contributed by atoms with E-state index in [1.54, 1.807) is 30.3 Å². The van der Waals surface area contributed by atoms with Crippen molar-refractivity contribution >= 4 is 5.97 Å². The molecule has 0 amide bonds. The monoisotopic (exact) mass is 270 g/mol. The van der Waals surface area contributed by atoms with Crippen LogP contribution in [0.2, 0.25) is 0 Å². The molecule has 1 aromatic carbocycles. The molecule has 0 aromatic heterocycles. The first-order valence-corrected chi connectivity index (χ1v) is 5.86. The van der Waals surface area contributed by atoms with Gasteiger partial charge in [-0.15, -0.1) is 0 Å². The highest BCUT2D eigenvalue weighted by Crippen LogP contribution is 2.24. The minimum atomic E-state index is -1.64. The van der Waals surface area contributed by atoms with Gasteiger partial charge in [0.25, 0.3) is 0 Å². The molecule has 6 heteroatoms. The van der Waals surface area contributed by atoms with Crippen molar-refractivity contribution in [2.24, 2.45) is 0 Å². The number of aliphatic hydroxyl groups excluding tert-OH is 1. The summed E-state index contributed by atoms with van der Waals surface area (Å²) in [6, 6.07) is 8.36. The molecule has 5 nitrogen and oxygen atoms in total. The Hall–Kier alpha value is -1.50. The van der Waals surface area contributed by atoms with Gasteiger partial charge in [0.15, 0.2) is 12.5 Å². The Labute approximate surface area is 109 Å². The molecule has 0 radical (unpaired) electrons. The molecule has 1 aliphatic heterocycles. The smallest absolute Gasteiger partial charge is 0.338 e. The number of hydrogen-bond donors (Lipinski definition) is 1. The number of carbonyl (C=O) groups is 1. The van der Waals surface area contributed by atoms with Crippen molar-refractivity contribution < 1.29 is 28.5 Å². The molecule has 4 atom stereocenters. The van der Waals surface area contributed by atoms with E-state index >= 15 is 0 Å². The second-order valence-electron chi connectivity index (χ2n) is 4.18. The second kappa shape index (κ2) is 6.10. The van der Waals surface area contributed by atoms with E-state index in [1.807, 2.05) is 0 Å². The normalized spacial score (nSPS) is 30.3. The lowest BCUT2D eigenvalue weighted by molar-refractivity contribution is -0.153. The molecule has 19 heavy (non-hydrogen) atoms. The number of benzene rings is 1. The van der Waals surface area contributed by atoms with Crippen molar-refractivity contribution in [1.82, 2.24) is 0 Å². The number of halogens is 1. The number of esters is 1. The molecule has 0 saturated carbocycles. The van der Waals surface area contributed by atoms with Crippen LogP contribution in [0.5, 0.6) is 0 Å². The van der Waals surface area contributed by atoms with Crippen molar-refractivity contribution in [3.05, 3.63) is 35.9 Å². The van der Waals surface area contributed by atoms with E-state index < -0.39 is 30.6 Å². The van der Waals surface area contributed by atoms with E-state index in [2.05, 4.69) is 0 Å². The van der Waals surface area contributed by atoms with Crippen molar-refractivity contribution in [2.45, 2.75) is 24.7 Å². The minimum Gasteiger partial charge on any atom is -0.459 e. The molecule has 1 saturated heterocycles. The lowest BCUT2D eigenvalue weighted by Crippen LogP contribution is -2.31. The number of alkyl halides is 1. The molecule has 0 aliphatic carbocycles. The van der Waals surface area contributed by atoms with Crippen molar-refractivity contribution in [1.29, 1.82) is 0 Å². The van der Waals surface area contributed by atoms with E-state index in [0.717, 1.165) is 0 Å². The van der Waals surface area contributed by atoms with Gasteiger partial charge in [0.2, 0.25) is 0 Å². The average molecular weight is 270 g/mol. The van der Waals surface area contributed by atoms with E-state index in [9.17, 15) is 14.3 Å². The summed E-state index contributed by atoms with van der Waals surface area (Å²) in [6.07, 6.45) is -5.07. The molecular formula is C13H15FO5. The molecule has 1 aromatic rings. The van der Waals surface area contributed by atoms with E-state index in [0.29, 0.717) is 5.56 Å². The quantitative estimate of drug-likeness (QED) is 0.824. The highest BCUT2D eigenvalue weighted by Gasteiger charge is 2.45. The average Bonchev–Trinajstić information content (AvgIpc) is 2.73. The van der Waals surface area contributed by atoms with Crippen LogP contribution >= 0.6 is 0 Å². The van der Waals surface area contributed by atoms with Gasteiger partial charge in [-0.1, -0.05) is 18.2 Å². The molecule has 104 valence electrons. The number of hydrogen-bond acceptors (Lipinski definition) is 5. The summed E-state index contributed by atoms with van der Waals surface area (Å²) in [6.45, 7) is -0.272. The summed E-state index contributed by atoms with van der Waals surface area (Å²) < 4.78 is 28.4. The Morgan fingerprint density at radius 3 is 2.68 bits per heavy atom. The topological polar surface area (TPSA) is 65.0 Å². The number of aliphatic hydroxyl groups is 1. The fraction of sp³-hybridized carbons (Fsp3) is 0.462. The zero-order valence-corrected chi connectivity index (χ0v) is 10.4. The molecule has 0 spiro atoms. The van der Waals surface area contributed by atoms with Crippen LogP contribution in [0.15, 0.2) is 30.3 Å². The summed E-state index contributed by atoms with van der Waals surface area (Å²) >= 11 is 0. The van der Waals surface area contributed by atoms with Crippen LogP contribution in [0, 0.1) is 0 Å². The van der Waals surface area contributed by atoms with Gasteiger partial charge in [0, 0.05) is 7.11 Å². The number of rotatable bonds is 4. The largest absolute Gasteiger partial charge is 0.459 e. The van der Waals surface area contributed by atoms with Gasteiger partial charge in [0.05, 0.1) is 5.56 Å². The first-order chi connectivity index (χ1) is 9.13. The van der Waals surface area contributed by atoms with Gasteiger partial charge in [-0.25, -0.2) is 9.18 Å². The van der Waals surface area contributed by atoms with Crippen molar-refractivity contribution in [2.75, 3.05) is 13.7 Å². The van der Waals surface area contributed by atoms with Gasteiger partial charge >= 0.3 is 5.97 Å². The lowest BCUT2D eigenvalue weighted by Gasteiger charge is -2.13. The van der Waals surface area contributed by atoms with Gasteiger partial charge in [-0.2, -0.15) is 0 Å². The van der Waals surface area contributed by atoms with Crippen molar-refractivity contribution in [3.63, 3.8) is 0 Å². The third kappa shape index (κ3) is 3.09. The maximum absolute atomic E-state index is 13.6. The lowest BCUT2D eigenvalue weighted by atomic mass is 10.2. The molecule has 0 unspecified atom stereocenters. The fourth-order valence-electron chi connectivity index (χ4n) is 1.84. The first-order valence-electron chi connectivity index (χ1n) is 5.86. The van der Waals surface area contributed by atoms with Crippen LogP contribution in [0.3, 0.4) is 0 Å². The molecular weight excluding hydrogens is 255 g/mol. The van der Waals surface area contributed by atoms with Crippen LogP contribution in [-0.4, -0.2) is 49.5 Å². The maximum atomic E-state index is 13.6. The number of ether oxygens (including phenoxy) is 3. The third-order valence-corrected chi connectivity index (χ3v) is 2.89. The minimum absolute atomic E-state index is 0.272. The van der Waals surface area contributed by atoms with Gasteiger partial charge in [-0.3, -0.25) is 0 Å². The van der Waals surface area contributed by atoms with E-state index in [4.69, 9.17) is 14.2 Å². The van der Waals surface area contributed by atoms with Crippen LogP contribution in [0.25, 0.3) is 0 Å². The summed E-state index contributed by atoms with van der Waals surface area (Å²) in [5, 5.41) is 9.44. The standard InChI is InChI=1S/C13H15FO5/c1-17-13-11(15)10(14)9(19-13)7-18-12(16)8-5-3-2-4-6-8/h2-6,9-11,13,15H,7H2,1H3/t9-,10+,11-,13+/m1/s1. The highest BCUT2D eigenvalue weighted by atomic mass is 19.1. The van der Waals surface area contributed by atoms with Crippen molar-refractivity contribution in [3.8, 4) is 0 Å². The Morgan fingerprint density at radius 2 is 2.11 bits per heavy atom. The number of methoxy groups -OCH3 is 1. The predicted molar refractivity (Wildman–Crippen MR) is 63.3 cm³/mol. The summed E-state index contributed by atoms with van der Waals surface area (Å²) in [7, 11) is 1.30. The highest BCUT2D eigenvalue weighted by molar-refractivity contribution is 5.89. The van der Waals surface area contributed by atoms with E-state index in [1.165, 1.54) is 7.11 Å². The summed E-state index contributed by atoms with van der Waals surface area (Å²) in [5.74, 6) is -0.563. The zero-order valence-electron chi connectivity index (χ0n) is 10.4. The Balaban J connectivity index is 1.88. The Kier molecular flexibility index (Phi) is 4.47. The van der Waals surface area contributed by atoms with Gasteiger partial charge in [-0.05, 0) is 12.1 Å². The molecule has 1 aliphatic rings. The second-order valence-corrected chi connectivity index (χ2v) is 4.18. The molecule has 1 fully saturated rings. The van der Waals surface area contributed by atoms with Crippen LogP contribution in [-0.2, 0) is 14.2 Å². The number of carbonyl (C=O) groups excluding carboxylic acids is 1. The molecule has 0 bridgehead atoms. The maximum Gasteiger partial charge on any atom is 0.338 e. The van der Waals surface area contributed by atoms with Gasteiger partial charge < -0.3 is 19.3 Å². The predicted octanol–water partition coefficient (Wildman–Crippen LogP) is 0.914. The van der Waals surface area contributed by atoms with Crippen LogP contribution in [0.1, 0.15) is 10.4 Å². The van der Waals surface area contributed by atoms with Gasteiger partial charge in [0.1, 0.15) is 18.8 Å². The first kappa shape index (κ1) is 13.9. The Bertz CT molecular complexity index is 424. The van der Waals surface area contributed by atoms with E-state index in [-0.39, 0.29) is 6.61 Å². The molecule has 2 rings (SSSR count). The molecule has 1 N–H and O–H groups in total. The SMILES string of the molecule is CO[C@H]1O[C@H](COC(=O)c2ccccc2)[C@H](F)[C@H]1O. The fourth-order valence-corrected chi connectivity index (χ4v) is 1.84. The van der Waals surface area contributed by atoms with Crippen LogP contribution in [0.4, 0.5) is 4.39 Å².